The van der Waals surface area contributed by atoms with Gasteiger partial charge in [0, 0.05) is 39.7 Å². The maximum Gasteiger partial charge on any atom is 0.159 e. The molecule has 1 saturated carbocycles. The van der Waals surface area contributed by atoms with Crippen molar-refractivity contribution in [1.82, 2.24) is 9.88 Å². The largest absolute Gasteiger partial charge is 0.389 e. The van der Waals surface area contributed by atoms with Gasteiger partial charge in [-0.2, -0.15) is 5.26 Å². The van der Waals surface area contributed by atoms with Crippen LogP contribution in [0.3, 0.4) is 0 Å². The molecule has 202 valence electrons. The van der Waals surface area contributed by atoms with Crippen LogP contribution in [0.15, 0.2) is 11.2 Å². The molecule has 0 amide bonds. The molecule has 2 aliphatic heterocycles. The van der Waals surface area contributed by atoms with Gasteiger partial charge in [-0.3, -0.25) is 4.98 Å². The number of anilines is 1. The Kier molecular flexibility index (Phi) is 6.23. The number of nitrogens with zero attached hydrogens (tertiary/aromatic N) is 4. The zero-order valence-electron chi connectivity index (χ0n) is 22.6. The minimum Gasteiger partial charge on any atom is -0.389 e. The molecule has 4 heterocycles. The molecule has 1 saturated heterocycles. The van der Waals surface area contributed by atoms with E-state index in [4.69, 9.17) is 15.5 Å². The van der Waals surface area contributed by atoms with Crippen molar-refractivity contribution >= 4 is 44.0 Å². The van der Waals surface area contributed by atoms with Gasteiger partial charge in [0.25, 0.3) is 0 Å². The van der Waals surface area contributed by atoms with E-state index in [1.807, 2.05) is 20.8 Å². The van der Waals surface area contributed by atoms with Crippen molar-refractivity contribution in [3.05, 3.63) is 45.0 Å². The minimum absolute atomic E-state index is 0.117. The summed E-state index contributed by atoms with van der Waals surface area (Å²) < 4.78 is 37.6. The van der Waals surface area contributed by atoms with E-state index in [0.29, 0.717) is 34.9 Å². The molecular weight excluding hydrogens is 516 g/mol. The summed E-state index contributed by atoms with van der Waals surface area (Å²) in [5.41, 5.74) is 9.24. The third-order valence-electron chi connectivity index (χ3n) is 8.97. The number of aliphatic imine (C=N–C) groups is 1. The fraction of sp³-hybridized carbons (Fsp3) is 0.433. The fourth-order valence-corrected chi connectivity index (χ4v) is 7.39. The summed E-state index contributed by atoms with van der Waals surface area (Å²) in [6.07, 6.45) is 7.04. The molecule has 0 radical (unpaired) electrons. The van der Waals surface area contributed by atoms with Crippen LogP contribution in [0.5, 0.6) is 0 Å². The van der Waals surface area contributed by atoms with Crippen LogP contribution in [0.25, 0.3) is 33.1 Å². The second-order valence-electron chi connectivity index (χ2n) is 10.9. The van der Waals surface area contributed by atoms with Gasteiger partial charge in [-0.1, -0.05) is 19.4 Å². The molecule has 1 atom stereocenters. The van der Waals surface area contributed by atoms with E-state index in [2.05, 4.69) is 22.9 Å². The van der Waals surface area contributed by atoms with Gasteiger partial charge in [-0.25, -0.2) is 13.8 Å². The van der Waals surface area contributed by atoms with Crippen molar-refractivity contribution in [3.8, 4) is 17.3 Å². The lowest BCUT2D eigenvalue weighted by Gasteiger charge is -2.28. The van der Waals surface area contributed by atoms with Gasteiger partial charge in [-0.05, 0) is 56.6 Å². The number of fused-ring (bicyclic) bond motifs is 2. The summed E-state index contributed by atoms with van der Waals surface area (Å²) in [6.45, 7) is 9.74. The van der Waals surface area contributed by atoms with Crippen molar-refractivity contribution in [2.45, 2.75) is 72.1 Å². The van der Waals surface area contributed by atoms with Gasteiger partial charge in [0.15, 0.2) is 5.82 Å². The normalized spacial score (nSPS) is 21.2. The summed E-state index contributed by atoms with van der Waals surface area (Å²) in [4.78, 5) is 11.6. The lowest BCUT2D eigenvalue weighted by molar-refractivity contribution is 0.134. The smallest absolute Gasteiger partial charge is 0.159 e. The third kappa shape index (κ3) is 3.80. The Morgan fingerprint density at radius 3 is 2.77 bits per heavy atom. The molecule has 2 N–H and O–H groups in total. The first-order chi connectivity index (χ1) is 18.7. The summed E-state index contributed by atoms with van der Waals surface area (Å²) in [5.74, 6) is 0.549. The molecule has 9 heteroatoms. The molecule has 1 aromatic carbocycles. The number of amidine groups is 1. The molecule has 6 rings (SSSR count). The topological polar surface area (TPSA) is 87.5 Å². The van der Waals surface area contributed by atoms with E-state index < -0.39 is 11.6 Å². The molecule has 0 bridgehead atoms. The number of hydrogen-bond donors (Lipinski definition) is 1. The Morgan fingerprint density at radius 2 is 2.08 bits per heavy atom. The van der Waals surface area contributed by atoms with Crippen LogP contribution < -0.4 is 16.2 Å². The van der Waals surface area contributed by atoms with Crippen LogP contribution in [-0.4, -0.2) is 27.8 Å². The molecule has 39 heavy (non-hydrogen) atoms. The van der Waals surface area contributed by atoms with Gasteiger partial charge < -0.3 is 15.4 Å². The van der Waals surface area contributed by atoms with E-state index in [9.17, 15) is 9.65 Å². The van der Waals surface area contributed by atoms with Crippen molar-refractivity contribution in [2.75, 3.05) is 12.3 Å². The minimum atomic E-state index is -0.587. The molecule has 1 unspecified atom stereocenters. The second kappa shape index (κ2) is 9.39. The highest BCUT2D eigenvalue weighted by Gasteiger charge is 2.55. The molecule has 6 nitrogen and oxygen atoms in total. The van der Waals surface area contributed by atoms with E-state index in [0.717, 1.165) is 47.5 Å². The van der Waals surface area contributed by atoms with Gasteiger partial charge in [0.1, 0.15) is 22.7 Å². The van der Waals surface area contributed by atoms with E-state index in [-0.39, 0.29) is 44.1 Å². The molecule has 3 aromatic rings. The van der Waals surface area contributed by atoms with E-state index >= 15 is 4.39 Å². The first-order valence-corrected chi connectivity index (χ1v) is 14.2. The number of aromatic nitrogens is 1. The highest BCUT2D eigenvalue weighted by molar-refractivity contribution is 7.23. The number of rotatable bonds is 3. The van der Waals surface area contributed by atoms with Crippen molar-refractivity contribution in [3.63, 3.8) is 0 Å². The predicted octanol–water partition coefficient (Wildman–Crippen LogP) is 5.34. The molecule has 1 spiro atoms. The fourth-order valence-electron chi connectivity index (χ4n) is 6.47. The van der Waals surface area contributed by atoms with Crippen LogP contribution in [0.4, 0.5) is 13.8 Å². The van der Waals surface area contributed by atoms with E-state index in [1.165, 1.54) is 12.8 Å². The highest BCUT2D eigenvalue weighted by atomic mass is 32.1. The van der Waals surface area contributed by atoms with E-state index in [1.54, 1.807) is 6.20 Å². The lowest BCUT2D eigenvalue weighted by atomic mass is 9.92. The Labute approximate surface area is 230 Å². The first kappa shape index (κ1) is 25.9. The monoisotopic (exact) mass is 547 g/mol. The van der Waals surface area contributed by atoms with Gasteiger partial charge in [0.05, 0.1) is 35.4 Å². The summed E-state index contributed by atoms with van der Waals surface area (Å²) >= 11 is 0.977. The summed E-state index contributed by atoms with van der Waals surface area (Å²) in [6, 6.07) is 2.07. The maximum absolute atomic E-state index is 16.8. The number of pyridine rings is 1. The summed E-state index contributed by atoms with van der Waals surface area (Å²) in [5, 5.41) is 11.4. The molecule has 2 fully saturated rings. The first-order valence-electron chi connectivity index (χ1n) is 13.4. The molecule has 3 aliphatic rings. The standard InChI is InChI=1S/C30H31F2N5OS/c1-5-15(2)23-19(11-35-17(4)37-9-6-16(3)30(37)7-8-30)20-13-38-14-21(20)24(26(23)32)27-25-18(10-33)29(34)39-28(25)22(31)12-36-27/h11-12,16H,5-9,13-14,34H2,1-4H3/b19-11-,23-15?,35-17?. The SMILES string of the molecule is CCC(C)=c1c(F)c(-c2ncc(F)c3sc(N)c(C#N)c23)c2c(/c1=C/N=C(C)N1CCC(C)C13CC3)COC2. The van der Waals surface area contributed by atoms with Crippen LogP contribution in [0.2, 0.25) is 0 Å². The maximum atomic E-state index is 16.8. The molecular formula is C30H31F2N5OS. The Morgan fingerprint density at radius 1 is 1.33 bits per heavy atom. The zero-order chi connectivity index (χ0) is 27.6. The van der Waals surface area contributed by atoms with Crippen LogP contribution in [-0.2, 0) is 18.0 Å². The molecule has 2 aromatic heterocycles. The lowest BCUT2D eigenvalue weighted by Crippen LogP contribution is -2.38. The van der Waals surface area contributed by atoms with Gasteiger partial charge in [0.2, 0.25) is 0 Å². The highest BCUT2D eigenvalue weighted by Crippen LogP contribution is 2.53. The number of thiophene rings is 1. The summed E-state index contributed by atoms with van der Waals surface area (Å²) in [7, 11) is 0. The number of nitrogens with two attached hydrogens (primary N) is 1. The van der Waals surface area contributed by atoms with Crippen LogP contribution in [0.1, 0.15) is 70.1 Å². The number of likely N-dealkylation sites (tertiary alicyclic amines) is 1. The average molecular weight is 548 g/mol. The Bertz CT molecular complexity index is 1730. The quantitative estimate of drug-likeness (QED) is 0.354. The van der Waals surface area contributed by atoms with Crippen molar-refractivity contribution < 1.29 is 13.5 Å². The number of benzene rings is 1. The number of nitriles is 1. The van der Waals surface area contributed by atoms with Gasteiger partial charge in [-0.15, -0.1) is 11.3 Å². The number of ether oxygens (including phenoxy) is 1. The second-order valence-corrected chi connectivity index (χ2v) is 12.0. The Hall–Kier alpha value is -3.35. The number of hydrogen-bond acceptors (Lipinski definition) is 6. The van der Waals surface area contributed by atoms with Crippen LogP contribution >= 0.6 is 11.3 Å². The van der Waals surface area contributed by atoms with Gasteiger partial charge >= 0.3 is 0 Å². The zero-order valence-corrected chi connectivity index (χ0v) is 23.4. The Balaban J connectivity index is 1.63. The van der Waals surface area contributed by atoms with Crippen LogP contribution in [0, 0.1) is 28.9 Å². The molecule has 1 aliphatic carbocycles. The van der Waals surface area contributed by atoms with Crippen molar-refractivity contribution in [1.29, 1.82) is 5.26 Å². The predicted molar refractivity (Wildman–Crippen MR) is 151 cm³/mol. The number of halogens is 2. The van der Waals surface area contributed by atoms with Crippen molar-refractivity contribution in [2.24, 2.45) is 10.9 Å². The average Bonchev–Trinajstić information content (AvgIpc) is 3.26. The third-order valence-corrected chi connectivity index (χ3v) is 10.00. The number of nitrogen functional groups attached to an aromatic ring is 1.